The van der Waals surface area contributed by atoms with Crippen molar-refractivity contribution in [2.75, 3.05) is 33.2 Å². The van der Waals surface area contributed by atoms with Crippen molar-refractivity contribution in [3.63, 3.8) is 0 Å². The van der Waals surface area contributed by atoms with E-state index >= 15 is 0 Å². The number of carbonyl (C=O) groups excluding carboxylic acids is 1. The zero-order valence-corrected chi connectivity index (χ0v) is 16.3. The van der Waals surface area contributed by atoms with Gasteiger partial charge in [-0.1, -0.05) is 44.2 Å². The van der Waals surface area contributed by atoms with Crippen LogP contribution < -0.4 is 16.0 Å². The first kappa shape index (κ1) is 20.2. The van der Waals surface area contributed by atoms with E-state index in [2.05, 4.69) is 56.2 Å². The number of hydrogen-bond acceptors (Lipinski definition) is 3. The number of nitrogens with zero attached hydrogens (tertiary/aromatic N) is 2. The number of hydrogen-bond donors (Lipinski definition) is 3. The van der Waals surface area contributed by atoms with Crippen LogP contribution in [0.4, 0.5) is 0 Å². The molecule has 6 nitrogen and oxygen atoms in total. The summed E-state index contributed by atoms with van der Waals surface area (Å²) in [6.07, 6.45) is 2.34. The van der Waals surface area contributed by atoms with Gasteiger partial charge in [-0.3, -0.25) is 14.7 Å². The van der Waals surface area contributed by atoms with E-state index in [9.17, 15) is 4.79 Å². The van der Waals surface area contributed by atoms with E-state index in [1.54, 1.807) is 7.05 Å². The quantitative estimate of drug-likeness (QED) is 0.393. The van der Waals surface area contributed by atoms with Crippen LogP contribution in [-0.2, 0) is 11.3 Å². The van der Waals surface area contributed by atoms with E-state index in [0.717, 1.165) is 32.0 Å². The molecule has 1 aliphatic rings. The fourth-order valence-corrected chi connectivity index (χ4v) is 3.12. The second-order valence-corrected chi connectivity index (χ2v) is 7.15. The number of carbonyl (C=O) groups is 1. The molecule has 0 saturated carbocycles. The second-order valence-electron chi connectivity index (χ2n) is 7.15. The molecular formula is C20H33N5O. The predicted octanol–water partition coefficient (Wildman–Crippen LogP) is 1.59. The van der Waals surface area contributed by atoms with Crippen LogP contribution in [0.25, 0.3) is 0 Å². The Bertz CT molecular complexity index is 573. The third-order valence-electron chi connectivity index (χ3n) is 4.56. The van der Waals surface area contributed by atoms with Gasteiger partial charge in [0.25, 0.3) is 0 Å². The molecule has 2 rings (SSSR count). The van der Waals surface area contributed by atoms with Crippen molar-refractivity contribution in [3.05, 3.63) is 35.9 Å². The van der Waals surface area contributed by atoms with Crippen LogP contribution in [0.15, 0.2) is 35.3 Å². The van der Waals surface area contributed by atoms with E-state index in [1.165, 1.54) is 12.0 Å². The number of benzene rings is 1. The van der Waals surface area contributed by atoms with E-state index in [4.69, 9.17) is 0 Å². The van der Waals surface area contributed by atoms with Gasteiger partial charge in [-0.2, -0.15) is 0 Å². The first-order valence-electron chi connectivity index (χ1n) is 9.59. The van der Waals surface area contributed by atoms with Crippen LogP contribution in [0.2, 0.25) is 0 Å². The SMILES string of the molecule is CN=C(NCCNC(=O)C(C)C)NC1CCCN(Cc2ccccc2)C1. The van der Waals surface area contributed by atoms with Crippen LogP contribution in [0.1, 0.15) is 32.3 Å². The molecule has 0 aliphatic carbocycles. The van der Waals surface area contributed by atoms with E-state index in [1.807, 2.05) is 13.8 Å². The van der Waals surface area contributed by atoms with Gasteiger partial charge < -0.3 is 16.0 Å². The molecule has 0 spiro atoms. The number of guanidine groups is 1. The zero-order chi connectivity index (χ0) is 18.8. The fourth-order valence-electron chi connectivity index (χ4n) is 3.12. The Morgan fingerprint density at radius 3 is 2.65 bits per heavy atom. The number of amides is 1. The van der Waals surface area contributed by atoms with Crippen molar-refractivity contribution in [1.29, 1.82) is 0 Å². The molecule has 1 aromatic carbocycles. The van der Waals surface area contributed by atoms with Gasteiger partial charge in [0.2, 0.25) is 5.91 Å². The number of piperidine rings is 1. The molecule has 6 heteroatoms. The van der Waals surface area contributed by atoms with Crippen molar-refractivity contribution in [2.45, 2.75) is 39.3 Å². The van der Waals surface area contributed by atoms with Gasteiger partial charge in [-0.05, 0) is 24.9 Å². The first-order valence-corrected chi connectivity index (χ1v) is 9.59. The topological polar surface area (TPSA) is 68.8 Å². The minimum atomic E-state index is 0.0188. The lowest BCUT2D eigenvalue weighted by atomic mass is 10.0. The highest BCUT2D eigenvalue weighted by Crippen LogP contribution is 2.13. The van der Waals surface area contributed by atoms with Crippen molar-refractivity contribution in [1.82, 2.24) is 20.9 Å². The average molecular weight is 360 g/mol. The Labute approximate surface area is 157 Å². The Balaban J connectivity index is 1.72. The standard InChI is InChI=1S/C20H33N5O/c1-16(2)19(26)22-11-12-23-20(21-3)24-18-10-7-13-25(15-18)14-17-8-5-4-6-9-17/h4-6,8-9,16,18H,7,10-15H2,1-3H3,(H,22,26)(H2,21,23,24). The molecule has 26 heavy (non-hydrogen) atoms. The summed E-state index contributed by atoms with van der Waals surface area (Å²) < 4.78 is 0. The fraction of sp³-hybridized carbons (Fsp3) is 0.600. The zero-order valence-electron chi connectivity index (χ0n) is 16.3. The van der Waals surface area contributed by atoms with Crippen molar-refractivity contribution in [3.8, 4) is 0 Å². The molecule has 1 unspecified atom stereocenters. The molecule has 1 saturated heterocycles. The molecule has 1 aliphatic heterocycles. The molecule has 144 valence electrons. The largest absolute Gasteiger partial charge is 0.355 e. The van der Waals surface area contributed by atoms with Gasteiger partial charge in [0.15, 0.2) is 5.96 Å². The molecule has 1 fully saturated rings. The Morgan fingerprint density at radius 2 is 1.96 bits per heavy atom. The lowest BCUT2D eigenvalue weighted by Gasteiger charge is -2.34. The number of aliphatic imine (C=N–C) groups is 1. The van der Waals surface area contributed by atoms with Crippen molar-refractivity contribution >= 4 is 11.9 Å². The van der Waals surface area contributed by atoms with Crippen molar-refractivity contribution in [2.24, 2.45) is 10.9 Å². The van der Waals surface area contributed by atoms with E-state index < -0.39 is 0 Å². The van der Waals surface area contributed by atoms with Crippen LogP contribution >= 0.6 is 0 Å². The third-order valence-corrected chi connectivity index (χ3v) is 4.56. The Hall–Kier alpha value is -2.08. The van der Waals surface area contributed by atoms with Crippen molar-refractivity contribution < 1.29 is 4.79 Å². The van der Waals surface area contributed by atoms with E-state index in [0.29, 0.717) is 19.1 Å². The maximum Gasteiger partial charge on any atom is 0.222 e. The van der Waals surface area contributed by atoms with Gasteiger partial charge in [0.1, 0.15) is 0 Å². The Morgan fingerprint density at radius 1 is 1.23 bits per heavy atom. The number of likely N-dealkylation sites (tertiary alicyclic amines) is 1. The molecule has 1 aromatic rings. The van der Waals surface area contributed by atoms with E-state index in [-0.39, 0.29) is 11.8 Å². The molecule has 0 bridgehead atoms. The maximum absolute atomic E-state index is 11.6. The van der Waals surface area contributed by atoms with Gasteiger partial charge in [0, 0.05) is 45.2 Å². The Kier molecular flexibility index (Phi) is 8.41. The normalized spacial score (nSPS) is 18.6. The molecule has 1 amide bonds. The van der Waals surface area contributed by atoms with Crippen LogP contribution in [0.5, 0.6) is 0 Å². The molecule has 1 heterocycles. The molecule has 0 aromatic heterocycles. The monoisotopic (exact) mass is 359 g/mol. The number of rotatable bonds is 7. The van der Waals surface area contributed by atoms with Crippen LogP contribution in [0.3, 0.4) is 0 Å². The maximum atomic E-state index is 11.6. The number of nitrogens with one attached hydrogen (secondary N) is 3. The summed E-state index contributed by atoms with van der Waals surface area (Å²) in [6, 6.07) is 11.0. The van der Waals surface area contributed by atoms with Crippen LogP contribution in [-0.4, -0.2) is 56.0 Å². The summed E-state index contributed by atoms with van der Waals surface area (Å²) in [4.78, 5) is 18.4. The summed E-state index contributed by atoms with van der Waals surface area (Å²) in [6.45, 7) is 8.20. The molecule has 0 radical (unpaired) electrons. The highest BCUT2D eigenvalue weighted by Gasteiger charge is 2.20. The van der Waals surface area contributed by atoms with Gasteiger partial charge >= 0.3 is 0 Å². The summed E-state index contributed by atoms with van der Waals surface area (Å²) in [5.41, 5.74) is 1.36. The second kappa shape index (κ2) is 10.8. The highest BCUT2D eigenvalue weighted by molar-refractivity contribution is 5.80. The third kappa shape index (κ3) is 7.04. The minimum Gasteiger partial charge on any atom is -0.355 e. The van der Waals surface area contributed by atoms with Gasteiger partial charge in [-0.25, -0.2) is 0 Å². The minimum absolute atomic E-state index is 0.0188. The predicted molar refractivity (Wildman–Crippen MR) is 107 cm³/mol. The lowest BCUT2D eigenvalue weighted by Crippen LogP contribution is -2.51. The lowest BCUT2D eigenvalue weighted by molar-refractivity contribution is -0.123. The summed E-state index contributed by atoms with van der Waals surface area (Å²) >= 11 is 0. The summed E-state index contributed by atoms with van der Waals surface area (Å²) in [7, 11) is 1.78. The van der Waals surface area contributed by atoms with Crippen LogP contribution in [0, 0.1) is 5.92 Å². The molecular weight excluding hydrogens is 326 g/mol. The van der Waals surface area contributed by atoms with Gasteiger partial charge in [-0.15, -0.1) is 0 Å². The smallest absolute Gasteiger partial charge is 0.222 e. The summed E-state index contributed by atoms with van der Waals surface area (Å²) in [5, 5.41) is 9.71. The molecule has 1 atom stereocenters. The van der Waals surface area contributed by atoms with Gasteiger partial charge in [0.05, 0.1) is 0 Å². The summed E-state index contributed by atoms with van der Waals surface area (Å²) in [5.74, 6) is 0.902. The average Bonchev–Trinajstić information content (AvgIpc) is 2.65. The first-order chi connectivity index (χ1) is 12.6. The highest BCUT2D eigenvalue weighted by atomic mass is 16.1. The molecule has 3 N–H and O–H groups in total.